The highest BCUT2D eigenvalue weighted by Crippen LogP contribution is 2.38. The van der Waals surface area contributed by atoms with Crippen LogP contribution >= 0.6 is 23.4 Å². The molecule has 0 spiro atoms. The van der Waals surface area contributed by atoms with Crippen molar-refractivity contribution in [1.82, 2.24) is 0 Å². The lowest BCUT2D eigenvalue weighted by atomic mass is 9.77. The number of carboxylic acids is 1. The zero-order chi connectivity index (χ0) is 29.4. The number of benzene rings is 2. The zero-order valence-electron chi connectivity index (χ0n) is 23.9. The number of allylic oxidation sites excluding steroid dienone is 1. The highest BCUT2D eigenvalue weighted by atomic mass is 35.5. The van der Waals surface area contributed by atoms with Gasteiger partial charge in [-0.2, -0.15) is 5.26 Å². The quantitative estimate of drug-likeness (QED) is 0.156. The van der Waals surface area contributed by atoms with Crippen LogP contribution in [0.15, 0.2) is 65.3 Å². The predicted octanol–water partition coefficient (Wildman–Crippen LogP) is 8.43. The molecule has 0 atom stereocenters. The first-order valence-electron chi connectivity index (χ1n) is 12.9. The second-order valence-electron chi connectivity index (χ2n) is 8.73. The zero-order valence-corrected chi connectivity index (χ0v) is 25.4. The fourth-order valence-electron chi connectivity index (χ4n) is 3.45. The first-order valence-corrected chi connectivity index (χ1v) is 14.5. The van der Waals surface area contributed by atoms with Crippen LogP contribution in [0.1, 0.15) is 71.1 Å². The summed E-state index contributed by atoms with van der Waals surface area (Å²) < 4.78 is 11.5. The van der Waals surface area contributed by atoms with Crippen molar-refractivity contribution >= 4 is 34.4 Å². The molecule has 0 aromatic heterocycles. The first-order chi connectivity index (χ1) is 18.6. The van der Waals surface area contributed by atoms with Crippen LogP contribution in [0.4, 0.5) is 0 Å². The van der Waals surface area contributed by atoms with Crippen LogP contribution in [0.2, 0.25) is 5.02 Å². The lowest BCUT2D eigenvalue weighted by Gasteiger charge is -2.27. The highest BCUT2D eigenvalue weighted by Gasteiger charge is 2.26. The molecule has 0 aliphatic rings. The summed E-state index contributed by atoms with van der Waals surface area (Å²) in [5.74, 6) is -0.0334. The normalized spacial score (nSPS) is 12.0. The number of hydrogen-bond acceptors (Lipinski definition) is 6. The van der Waals surface area contributed by atoms with E-state index in [9.17, 15) is 10.1 Å². The van der Waals surface area contributed by atoms with Gasteiger partial charge in [0.2, 0.25) is 0 Å². The Labute approximate surface area is 242 Å². The third-order valence-corrected chi connectivity index (χ3v) is 6.71. The number of ether oxygens (including phenoxy) is 2. The molecule has 1 N–H and O–H groups in total. The number of aliphatic carboxylic acids is 1. The number of halogens is 1. The van der Waals surface area contributed by atoms with E-state index in [1.165, 1.54) is 0 Å². The Balaban J connectivity index is 0.00000371. The molecule has 0 aliphatic heterocycles. The fourth-order valence-corrected chi connectivity index (χ4v) is 3.89. The van der Waals surface area contributed by atoms with Crippen molar-refractivity contribution in [1.29, 1.82) is 5.26 Å². The molecule has 0 saturated carbocycles. The summed E-state index contributed by atoms with van der Waals surface area (Å²) in [6, 6.07) is 13.5. The van der Waals surface area contributed by atoms with E-state index in [0.29, 0.717) is 6.61 Å². The minimum atomic E-state index is -0.982. The second kappa shape index (κ2) is 17.4. The van der Waals surface area contributed by atoms with Crippen molar-refractivity contribution in [3.63, 3.8) is 0 Å². The average Bonchev–Trinajstić information content (AvgIpc) is 2.93. The summed E-state index contributed by atoms with van der Waals surface area (Å²) in [6.45, 7) is 12.5. The number of rotatable bonds is 12. The Hall–Kier alpha value is -3.21. The lowest BCUT2D eigenvalue weighted by Crippen LogP contribution is -2.19. The average molecular weight is 571 g/mol. The monoisotopic (exact) mass is 570 g/mol. The molecule has 0 heterocycles. The van der Waals surface area contributed by atoms with Gasteiger partial charge < -0.3 is 14.6 Å². The maximum absolute atomic E-state index is 10.8. The maximum Gasteiger partial charge on any atom is 0.306 e. The minimum absolute atomic E-state index is 0.0659. The van der Waals surface area contributed by atoms with Crippen LogP contribution in [-0.4, -0.2) is 35.6 Å². The summed E-state index contributed by atoms with van der Waals surface area (Å²) in [6.07, 6.45) is 8.59. The summed E-state index contributed by atoms with van der Waals surface area (Å²) in [5, 5.41) is 19.7. The van der Waals surface area contributed by atoms with Crippen LogP contribution in [0.5, 0.6) is 11.5 Å². The van der Waals surface area contributed by atoms with Crippen LogP contribution in [0.3, 0.4) is 0 Å². The van der Waals surface area contributed by atoms with Crippen molar-refractivity contribution in [2.45, 2.75) is 59.8 Å². The van der Waals surface area contributed by atoms with Gasteiger partial charge in [-0.05, 0) is 66.6 Å². The molecule has 0 unspecified atom stereocenters. The predicted molar refractivity (Wildman–Crippen MR) is 163 cm³/mol. The summed E-state index contributed by atoms with van der Waals surface area (Å²) in [7, 11) is 0. The Bertz CT molecular complexity index is 1210. The largest absolute Gasteiger partial charge is 0.490 e. The summed E-state index contributed by atoms with van der Waals surface area (Å²) >= 11 is 8.05. The van der Waals surface area contributed by atoms with E-state index >= 15 is 0 Å². The van der Waals surface area contributed by atoms with Crippen LogP contribution < -0.4 is 9.47 Å². The molecular formula is C31H39ClN2O4S. The van der Waals surface area contributed by atoms with Gasteiger partial charge in [-0.15, -0.1) is 11.8 Å². The van der Waals surface area contributed by atoms with Crippen molar-refractivity contribution < 1.29 is 19.4 Å². The summed E-state index contributed by atoms with van der Waals surface area (Å²) in [4.78, 5) is 15.1. The Kier molecular flexibility index (Phi) is 15.1. The van der Waals surface area contributed by atoms with Crippen molar-refractivity contribution in [2.75, 3.05) is 19.5 Å². The maximum atomic E-state index is 10.8. The van der Waals surface area contributed by atoms with Gasteiger partial charge in [-0.25, -0.2) is 0 Å². The molecule has 8 heteroatoms. The number of nitrogens with zero attached hydrogens (tertiary/aromatic N) is 2. The molecule has 39 heavy (non-hydrogen) atoms. The third kappa shape index (κ3) is 10.8. The van der Waals surface area contributed by atoms with Gasteiger partial charge in [-0.1, -0.05) is 64.4 Å². The highest BCUT2D eigenvalue weighted by molar-refractivity contribution is 8.13. The van der Waals surface area contributed by atoms with Gasteiger partial charge in [-0.3, -0.25) is 9.79 Å². The smallest absolute Gasteiger partial charge is 0.306 e. The van der Waals surface area contributed by atoms with Gasteiger partial charge >= 0.3 is 5.97 Å². The van der Waals surface area contributed by atoms with Crippen molar-refractivity contribution in [2.24, 2.45) is 4.99 Å². The Morgan fingerprint density at radius 2 is 1.85 bits per heavy atom. The number of carboxylic acid groups (broad SMARTS) is 1. The van der Waals surface area contributed by atoms with Crippen LogP contribution in [0, 0.1) is 11.3 Å². The third-order valence-electron chi connectivity index (χ3n) is 5.74. The van der Waals surface area contributed by atoms with Gasteiger partial charge in [0.05, 0.1) is 28.7 Å². The second-order valence-corrected chi connectivity index (χ2v) is 10.1. The molecule has 0 bridgehead atoms. The number of nitriles is 1. The molecule has 0 amide bonds. The van der Waals surface area contributed by atoms with E-state index in [0.717, 1.165) is 33.9 Å². The number of aliphatic imine (C=N–C) groups is 1. The first kappa shape index (κ1) is 33.8. The van der Waals surface area contributed by atoms with Crippen molar-refractivity contribution in [3.8, 4) is 17.6 Å². The molecular weight excluding hydrogens is 532 g/mol. The van der Waals surface area contributed by atoms with E-state index in [-0.39, 0.29) is 29.4 Å². The van der Waals surface area contributed by atoms with E-state index in [4.69, 9.17) is 26.2 Å². The van der Waals surface area contributed by atoms with E-state index in [2.05, 4.69) is 24.1 Å². The molecule has 0 radical (unpaired) electrons. The lowest BCUT2D eigenvalue weighted by molar-refractivity contribution is -0.137. The van der Waals surface area contributed by atoms with Gasteiger partial charge in [0.25, 0.3) is 0 Å². The van der Waals surface area contributed by atoms with Gasteiger partial charge in [0.15, 0.2) is 5.75 Å². The number of thioether (sulfide) groups is 1. The Morgan fingerprint density at radius 3 is 2.41 bits per heavy atom. The molecule has 2 aromatic carbocycles. The molecule has 2 rings (SSSR count). The molecule has 0 fully saturated rings. The molecule has 6 nitrogen and oxygen atoms in total. The molecule has 0 saturated heterocycles. The Morgan fingerprint density at radius 1 is 1.18 bits per heavy atom. The van der Waals surface area contributed by atoms with E-state index in [1.807, 2.05) is 71.2 Å². The summed E-state index contributed by atoms with van der Waals surface area (Å²) in [5.41, 5.74) is 2.71. The van der Waals surface area contributed by atoms with Gasteiger partial charge in [0, 0.05) is 11.6 Å². The molecule has 2 aromatic rings. The van der Waals surface area contributed by atoms with Gasteiger partial charge in [0.1, 0.15) is 18.4 Å². The van der Waals surface area contributed by atoms with Crippen LogP contribution in [0.25, 0.3) is 0 Å². The standard InChI is InChI=1S/C29H33ClN2O4S.C2H6/c1-6-7-21(12-14-32-20(2)37-5)19-36-25-10-8-23(9-11-25)29(3,4)24-16-22(18-31)28(26(30)17-24)35-15-13-27(33)34;1-2/h7-12,14,16-17H,6,13,15,19H2,1-5H3,(H,33,34);1-2H3/b14-12-,21-7-,32-20?;. The molecule has 210 valence electrons. The topological polar surface area (TPSA) is 91.9 Å². The van der Waals surface area contributed by atoms with E-state index in [1.54, 1.807) is 30.1 Å². The minimum Gasteiger partial charge on any atom is -0.490 e. The fraction of sp³-hybridized carbons (Fsp3) is 0.387. The van der Waals surface area contributed by atoms with Crippen LogP contribution in [-0.2, 0) is 10.2 Å². The SMILES string of the molecule is CC.CC/C=C(/C=C\N=C(C)SC)COc1ccc(C(C)(C)c2cc(Cl)c(OCCC(=O)O)c(C#N)c2)cc1. The van der Waals surface area contributed by atoms with Crippen molar-refractivity contribution in [3.05, 3.63) is 82.0 Å². The van der Waals surface area contributed by atoms with E-state index < -0.39 is 11.4 Å². The number of carbonyl (C=O) groups is 1. The molecule has 0 aliphatic carbocycles. The number of hydrogen-bond donors (Lipinski definition) is 1.